The predicted molar refractivity (Wildman–Crippen MR) is 67.3 cm³/mol. The molecule has 0 saturated carbocycles. The summed E-state index contributed by atoms with van der Waals surface area (Å²) in [6.45, 7) is 0.604. The monoisotopic (exact) mass is 298 g/mol. The Morgan fingerprint density at radius 1 is 1.32 bits per heavy atom. The van der Waals surface area contributed by atoms with E-state index in [0.717, 1.165) is 11.5 Å². The highest BCUT2D eigenvalue weighted by Gasteiger charge is 2.38. The summed E-state index contributed by atoms with van der Waals surface area (Å²) in [4.78, 5) is 8.08. The van der Waals surface area contributed by atoms with Gasteiger partial charge in [0.05, 0.1) is 19.3 Å². The molecule has 1 saturated heterocycles. The Morgan fingerprint density at radius 3 is 2.68 bits per heavy atom. The fourth-order valence-corrected chi connectivity index (χ4v) is 3.93. The van der Waals surface area contributed by atoms with Crippen LogP contribution in [0.3, 0.4) is 0 Å². The molecule has 1 aliphatic heterocycles. The first-order chi connectivity index (χ1) is 9.16. The second-order valence-electron chi connectivity index (χ2n) is 3.95. The second-order valence-corrected chi connectivity index (χ2v) is 6.55. The van der Waals surface area contributed by atoms with Gasteiger partial charge in [-0.3, -0.25) is 0 Å². The van der Waals surface area contributed by atoms with Gasteiger partial charge in [0.25, 0.3) is 0 Å². The minimum atomic E-state index is -3.42. The van der Waals surface area contributed by atoms with Gasteiger partial charge in [-0.1, -0.05) is 0 Å². The molecule has 1 fully saturated rings. The SMILES string of the molecule is O=S(=O)(c1cnsc1)N1CC(Oc2ncccn2)C1. The van der Waals surface area contributed by atoms with Gasteiger partial charge in [-0.2, -0.15) is 8.68 Å². The minimum Gasteiger partial charge on any atom is -0.457 e. The van der Waals surface area contributed by atoms with Crippen LogP contribution in [0.4, 0.5) is 0 Å². The zero-order valence-electron chi connectivity index (χ0n) is 9.71. The maximum atomic E-state index is 12.1. The molecule has 7 nitrogen and oxygen atoms in total. The molecule has 2 aromatic heterocycles. The van der Waals surface area contributed by atoms with E-state index in [-0.39, 0.29) is 17.0 Å². The van der Waals surface area contributed by atoms with Gasteiger partial charge in [0, 0.05) is 17.8 Å². The van der Waals surface area contributed by atoms with Gasteiger partial charge in [-0.15, -0.1) is 0 Å². The van der Waals surface area contributed by atoms with Crippen molar-refractivity contribution in [3.05, 3.63) is 30.0 Å². The molecule has 0 aliphatic carbocycles. The Balaban J connectivity index is 1.62. The summed E-state index contributed by atoms with van der Waals surface area (Å²) in [6, 6.07) is 1.95. The molecule has 1 aliphatic rings. The van der Waals surface area contributed by atoms with Crippen LogP contribution >= 0.6 is 11.5 Å². The molecule has 0 bridgehead atoms. The molecule has 0 aromatic carbocycles. The molecule has 19 heavy (non-hydrogen) atoms. The fraction of sp³-hybridized carbons (Fsp3) is 0.300. The van der Waals surface area contributed by atoms with Crippen molar-refractivity contribution in [1.29, 1.82) is 0 Å². The lowest BCUT2D eigenvalue weighted by molar-refractivity contribution is 0.0676. The van der Waals surface area contributed by atoms with Crippen LogP contribution < -0.4 is 4.74 Å². The quantitative estimate of drug-likeness (QED) is 0.811. The zero-order valence-corrected chi connectivity index (χ0v) is 11.3. The van der Waals surface area contributed by atoms with Crippen LogP contribution in [0.15, 0.2) is 34.9 Å². The summed E-state index contributed by atoms with van der Waals surface area (Å²) in [5, 5.41) is 1.52. The van der Waals surface area contributed by atoms with Crippen molar-refractivity contribution in [2.75, 3.05) is 13.1 Å². The van der Waals surface area contributed by atoms with Gasteiger partial charge in [0.2, 0.25) is 10.0 Å². The van der Waals surface area contributed by atoms with Crippen LogP contribution in [-0.4, -0.2) is 46.3 Å². The van der Waals surface area contributed by atoms with Crippen molar-refractivity contribution in [3.8, 4) is 6.01 Å². The summed E-state index contributed by atoms with van der Waals surface area (Å²) in [5.41, 5.74) is 0. The van der Waals surface area contributed by atoms with Gasteiger partial charge in [-0.25, -0.2) is 18.4 Å². The molecule has 3 rings (SSSR count). The van der Waals surface area contributed by atoms with E-state index < -0.39 is 10.0 Å². The van der Waals surface area contributed by atoms with E-state index in [2.05, 4.69) is 14.3 Å². The predicted octanol–water partition coefficient (Wildman–Crippen LogP) is 0.385. The Morgan fingerprint density at radius 2 is 2.05 bits per heavy atom. The Bertz CT molecular complexity index is 639. The van der Waals surface area contributed by atoms with Crippen LogP contribution in [0, 0.1) is 0 Å². The van der Waals surface area contributed by atoms with Crippen LogP contribution in [0.1, 0.15) is 0 Å². The highest BCUT2D eigenvalue weighted by atomic mass is 32.2. The third-order valence-corrected chi connectivity index (χ3v) is 5.21. The van der Waals surface area contributed by atoms with Gasteiger partial charge >= 0.3 is 6.01 Å². The van der Waals surface area contributed by atoms with Crippen LogP contribution in [0.5, 0.6) is 6.01 Å². The van der Waals surface area contributed by atoms with Crippen LogP contribution in [-0.2, 0) is 10.0 Å². The highest BCUT2D eigenvalue weighted by molar-refractivity contribution is 7.89. The van der Waals surface area contributed by atoms with Gasteiger partial charge in [-0.05, 0) is 17.6 Å². The molecule has 100 valence electrons. The van der Waals surface area contributed by atoms with E-state index in [4.69, 9.17) is 4.74 Å². The molecule has 0 spiro atoms. The molecule has 2 aromatic rings. The van der Waals surface area contributed by atoms with E-state index in [9.17, 15) is 8.42 Å². The highest BCUT2D eigenvalue weighted by Crippen LogP contribution is 2.23. The van der Waals surface area contributed by atoms with E-state index in [1.165, 1.54) is 15.9 Å². The molecule has 0 atom stereocenters. The molecular weight excluding hydrogens is 288 g/mol. The summed E-state index contributed by atoms with van der Waals surface area (Å²) in [6.07, 6.45) is 4.30. The van der Waals surface area contributed by atoms with Gasteiger partial charge < -0.3 is 4.74 Å². The summed E-state index contributed by atoms with van der Waals surface area (Å²) in [5.74, 6) is 0. The molecule has 0 radical (unpaired) electrons. The summed E-state index contributed by atoms with van der Waals surface area (Å²) < 4.78 is 34.8. The second kappa shape index (κ2) is 4.83. The van der Waals surface area contributed by atoms with E-state index >= 15 is 0 Å². The maximum Gasteiger partial charge on any atom is 0.316 e. The summed E-state index contributed by atoms with van der Waals surface area (Å²) in [7, 11) is -3.42. The Kier molecular flexibility index (Phi) is 3.17. The lowest BCUT2D eigenvalue weighted by Crippen LogP contribution is -2.56. The first-order valence-electron chi connectivity index (χ1n) is 5.49. The molecule has 0 N–H and O–H groups in total. The first kappa shape index (κ1) is 12.5. The molecular formula is C10H10N4O3S2. The first-order valence-corrected chi connectivity index (χ1v) is 7.77. The smallest absolute Gasteiger partial charge is 0.316 e. The van der Waals surface area contributed by atoms with E-state index in [1.807, 2.05) is 0 Å². The van der Waals surface area contributed by atoms with Crippen molar-refractivity contribution in [2.24, 2.45) is 0 Å². The fourth-order valence-electron chi connectivity index (χ4n) is 1.64. The lowest BCUT2D eigenvalue weighted by Gasteiger charge is -2.36. The number of ether oxygens (including phenoxy) is 1. The number of aromatic nitrogens is 3. The average Bonchev–Trinajstić information content (AvgIpc) is 2.89. The Labute approximate surface area is 114 Å². The van der Waals surface area contributed by atoms with Crippen molar-refractivity contribution in [1.82, 2.24) is 18.6 Å². The number of nitrogens with zero attached hydrogens (tertiary/aromatic N) is 4. The average molecular weight is 298 g/mol. The van der Waals surface area contributed by atoms with Crippen molar-refractivity contribution < 1.29 is 13.2 Å². The van der Waals surface area contributed by atoms with Crippen LogP contribution in [0.25, 0.3) is 0 Å². The Hall–Kier alpha value is -1.58. The normalized spacial score (nSPS) is 17.1. The number of hydrogen-bond donors (Lipinski definition) is 0. The lowest BCUT2D eigenvalue weighted by atomic mass is 10.2. The minimum absolute atomic E-state index is 0.205. The summed E-state index contributed by atoms with van der Waals surface area (Å²) >= 11 is 1.11. The number of rotatable bonds is 4. The van der Waals surface area contributed by atoms with Crippen LogP contribution in [0.2, 0.25) is 0 Å². The largest absolute Gasteiger partial charge is 0.457 e. The third kappa shape index (κ3) is 2.44. The number of sulfonamides is 1. The van der Waals surface area contributed by atoms with E-state index in [1.54, 1.807) is 18.5 Å². The maximum absolute atomic E-state index is 12.1. The zero-order chi connectivity index (χ0) is 13.3. The van der Waals surface area contributed by atoms with E-state index in [0.29, 0.717) is 13.1 Å². The number of hydrogen-bond acceptors (Lipinski definition) is 7. The molecule has 0 amide bonds. The van der Waals surface area contributed by atoms with Gasteiger partial charge in [0.1, 0.15) is 11.0 Å². The topological polar surface area (TPSA) is 85.3 Å². The molecule has 3 heterocycles. The molecule has 9 heteroatoms. The van der Waals surface area contributed by atoms with Crippen molar-refractivity contribution in [2.45, 2.75) is 11.0 Å². The standard InChI is InChI=1S/C10H10N4O3S2/c15-19(16,9-4-13-18-7-9)14-5-8(6-14)17-10-11-2-1-3-12-10/h1-4,7-8H,5-6H2. The van der Waals surface area contributed by atoms with Crippen molar-refractivity contribution >= 4 is 21.6 Å². The van der Waals surface area contributed by atoms with Gasteiger partial charge in [0.15, 0.2) is 0 Å². The van der Waals surface area contributed by atoms with Crippen molar-refractivity contribution in [3.63, 3.8) is 0 Å². The third-order valence-electron chi connectivity index (χ3n) is 2.68. The molecule has 0 unspecified atom stereocenters.